The van der Waals surface area contributed by atoms with Crippen LogP contribution in [0.25, 0.3) is 0 Å². The molecule has 184 valence electrons. The molecule has 1 aliphatic rings. The highest BCUT2D eigenvalue weighted by Crippen LogP contribution is 2.40. The number of nitrogens with zero attached hydrogens (tertiary/aromatic N) is 2. The summed E-state index contributed by atoms with van der Waals surface area (Å²) in [6.45, 7) is 5.09. The molecule has 0 atom stereocenters. The second-order valence-electron chi connectivity index (χ2n) is 8.29. The highest BCUT2D eigenvalue weighted by atomic mass is 16.5. The molecule has 34 heavy (non-hydrogen) atoms. The maximum absolute atomic E-state index is 12.6. The predicted molar refractivity (Wildman–Crippen MR) is 129 cm³/mol. The number of methoxy groups -OCH3 is 3. The van der Waals surface area contributed by atoms with Crippen molar-refractivity contribution in [1.82, 2.24) is 9.80 Å². The van der Waals surface area contributed by atoms with Crippen molar-refractivity contribution in [1.29, 1.82) is 0 Å². The van der Waals surface area contributed by atoms with Gasteiger partial charge < -0.3 is 28.6 Å². The first-order valence-electron chi connectivity index (χ1n) is 11.4. The molecular weight excluding hydrogens is 436 g/mol. The lowest BCUT2D eigenvalue weighted by atomic mass is 10.1. The van der Waals surface area contributed by atoms with Gasteiger partial charge in [0.15, 0.2) is 18.1 Å². The van der Waals surface area contributed by atoms with E-state index in [1.807, 2.05) is 41.3 Å². The summed E-state index contributed by atoms with van der Waals surface area (Å²) >= 11 is 0. The second kappa shape index (κ2) is 12.3. The van der Waals surface area contributed by atoms with Gasteiger partial charge in [-0.25, -0.2) is 0 Å². The normalized spacial score (nSPS) is 13.9. The van der Waals surface area contributed by atoms with E-state index in [1.165, 1.54) is 0 Å². The van der Waals surface area contributed by atoms with Crippen molar-refractivity contribution in [2.75, 3.05) is 54.1 Å². The van der Waals surface area contributed by atoms with E-state index in [0.29, 0.717) is 55.5 Å². The number of rotatable bonds is 11. The van der Waals surface area contributed by atoms with Crippen LogP contribution < -0.4 is 18.9 Å². The molecule has 0 radical (unpaired) electrons. The molecule has 3 rings (SSSR count). The van der Waals surface area contributed by atoms with E-state index < -0.39 is 0 Å². The van der Waals surface area contributed by atoms with Crippen LogP contribution in [-0.4, -0.2) is 75.6 Å². The Morgan fingerprint density at radius 2 is 1.53 bits per heavy atom. The third kappa shape index (κ3) is 6.63. The Kier molecular flexibility index (Phi) is 9.16. The number of ether oxygens (including phenoxy) is 4. The molecule has 0 saturated carbocycles. The molecule has 2 aromatic rings. The van der Waals surface area contributed by atoms with Gasteiger partial charge in [-0.1, -0.05) is 18.2 Å². The molecule has 1 saturated heterocycles. The number of Topliss-reactive ketones (excluding diaryl/α,β-unsaturated/α-hetero) is 1. The van der Waals surface area contributed by atoms with E-state index in [9.17, 15) is 9.59 Å². The minimum absolute atomic E-state index is 0.0102. The van der Waals surface area contributed by atoms with Crippen LogP contribution in [0.2, 0.25) is 0 Å². The fourth-order valence-electron chi connectivity index (χ4n) is 3.99. The molecule has 0 aromatic heterocycles. The van der Waals surface area contributed by atoms with Crippen molar-refractivity contribution >= 4 is 11.7 Å². The first kappa shape index (κ1) is 25.4. The van der Waals surface area contributed by atoms with Crippen molar-refractivity contribution in [2.24, 2.45) is 0 Å². The number of piperazine rings is 1. The zero-order chi connectivity index (χ0) is 24.5. The number of benzene rings is 2. The van der Waals surface area contributed by atoms with Crippen LogP contribution in [0.1, 0.15) is 24.5 Å². The van der Waals surface area contributed by atoms with Gasteiger partial charge in [-0.2, -0.15) is 0 Å². The first-order valence-corrected chi connectivity index (χ1v) is 11.4. The Morgan fingerprint density at radius 3 is 2.12 bits per heavy atom. The van der Waals surface area contributed by atoms with Gasteiger partial charge in [-0.05, 0) is 37.1 Å². The van der Waals surface area contributed by atoms with Crippen molar-refractivity contribution in [3.63, 3.8) is 0 Å². The van der Waals surface area contributed by atoms with Crippen molar-refractivity contribution in [2.45, 2.75) is 26.3 Å². The molecule has 1 amide bonds. The van der Waals surface area contributed by atoms with Crippen LogP contribution >= 0.6 is 0 Å². The third-order valence-electron chi connectivity index (χ3n) is 5.96. The van der Waals surface area contributed by atoms with E-state index >= 15 is 0 Å². The van der Waals surface area contributed by atoms with E-state index in [1.54, 1.807) is 28.3 Å². The third-order valence-corrected chi connectivity index (χ3v) is 5.96. The van der Waals surface area contributed by atoms with Crippen LogP contribution in [0.3, 0.4) is 0 Å². The summed E-state index contributed by atoms with van der Waals surface area (Å²) in [5, 5.41) is 0. The van der Waals surface area contributed by atoms with Crippen LogP contribution in [0.15, 0.2) is 36.4 Å². The maximum atomic E-state index is 12.6. The zero-order valence-corrected chi connectivity index (χ0v) is 20.5. The fourth-order valence-corrected chi connectivity index (χ4v) is 3.99. The Morgan fingerprint density at radius 1 is 0.853 bits per heavy atom. The molecule has 0 aliphatic carbocycles. The smallest absolute Gasteiger partial charge is 0.260 e. The minimum atomic E-state index is -0.0241. The average molecular weight is 471 g/mol. The average Bonchev–Trinajstić information content (AvgIpc) is 2.86. The van der Waals surface area contributed by atoms with Crippen molar-refractivity contribution in [3.05, 3.63) is 47.5 Å². The predicted octanol–water partition coefficient (Wildman–Crippen LogP) is 2.96. The Hall–Kier alpha value is -3.26. The number of hydrogen-bond donors (Lipinski definition) is 0. The lowest BCUT2D eigenvalue weighted by Gasteiger charge is -2.35. The summed E-state index contributed by atoms with van der Waals surface area (Å²) in [5.41, 5.74) is 2.09. The highest BCUT2D eigenvalue weighted by Gasteiger charge is 2.23. The van der Waals surface area contributed by atoms with E-state index in [4.69, 9.17) is 18.9 Å². The van der Waals surface area contributed by atoms with Crippen LogP contribution in [0, 0.1) is 0 Å². The summed E-state index contributed by atoms with van der Waals surface area (Å²) < 4.78 is 22.1. The number of aryl methyl sites for hydroxylation is 1. The molecule has 0 bridgehead atoms. The lowest BCUT2D eigenvalue weighted by molar-refractivity contribution is -0.135. The minimum Gasteiger partial charge on any atom is -0.493 e. The van der Waals surface area contributed by atoms with E-state index in [-0.39, 0.29) is 18.3 Å². The molecule has 8 nitrogen and oxygen atoms in total. The zero-order valence-electron chi connectivity index (χ0n) is 20.5. The Balaban J connectivity index is 1.47. The molecule has 8 heteroatoms. The molecule has 0 N–H and O–H groups in total. The molecular formula is C26H34N2O6. The molecule has 0 unspecified atom stereocenters. The molecule has 1 fully saturated rings. The van der Waals surface area contributed by atoms with Crippen molar-refractivity contribution in [3.8, 4) is 23.0 Å². The lowest BCUT2D eigenvalue weighted by Crippen LogP contribution is -2.49. The Bertz CT molecular complexity index is 968. The highest BCUT2D eigenvalue weighted by molar-refractivity contribution is 5.78. The van der Waals surface area contributed by atoms with Crippen LogP contribution in [-0.2, 0) is 22.6 Å². The Labute approximate surface area is 201 Å². The largest absolute Gasteiger partial charge is 0.493 e. The number of carbonyl (C=O) groups excluding carboxylic acids is 2. The second-order valence-corrected chi connectivity index (χ2v) is 8.29. The van der Waals surface area contributed by atoms with Gasteiger partial charge in [-0.3, -0.25) is 9.69 Å². The standard InChI is InChI=1S/C26H34N2O6/c1-19(29)5-6-20-7-10-22(11-8-20)34-18-24(30)28-15-13-27(14-16-28)17-21-9-12-23(31-2)26(33-4)25(21)32-3/h7-12H,5-6,13-18H2,1-4H3. The summed E-state index contributed by atoms with van der Waals surface area (Å²) in [7, 11) is 4.82. The van der Waals surface area contributed by atoms with Gasteiger partial charge in [0, 0.05) is 44.7 Å². The first-order chi connectivity index (χ1) is 16.4. The van der Waals surface area contributed by atoms with Gasteiger partial charge >= 0.3 is 0 Å². The van der Waals surface area contributed by atoms with Crippen LogP contribution in [0.5, 0.6) is 23.0 Å². The van der Waals surface area contributed by atoms with Crippen LogP contribution in [0.4, 0.5) is 0 Å². The van der Waals surface area contributed by atoms with Gasteiger partial charge in [0.05, 0.1) is 21.3 Å². The molecule has 0 spiro atoms. The SMILES string of the molecule is COc1ccc(CN2CCN(C(=O)COc3ccc(CCC(C)=O)cc3)CC2)c(OC)c1OC. The summed E-state index contributed by atoms with van der Waals surface area (Å²) in [6, 6.07) is 11.4. The van der Waals surface area contributed by atoms with Crippen molar-refractivity contribution < 1.29 is 28.5 Å². The number of amides is 1. The summed E-state index contributed by atoms with van der Waals surface area (Å²) in [6.07, 6.45) is 1.25. The summed E-state index contributed by atoms with van der Waals surface area (Å²) in [4.78, 5) is 27.9. The number of ketones is 1. The van der Waals surface area contributed by atoms with Gasteiger partial charge in [0.1, 0.15) is 11.5 Å². The molecule has 1 aliphatic heterocycles. The molecule has 1 heterocycles. The maximum Gasteiger partial charge on any atom is 0.260 e. The monoisotopic (exact) mass is 470 g/mol. The van der Waals surface area contributed by atoms with Gasteiger partial charge in [0.2, 0.25) is 5.75 Å². The fraction of sp³-hybridized carbons (Fsp3) is 0.462. The summed E-state index contributed by atoms with van der Waals surface area (Å²) in [5.74, 6) is 2.68. The van der Waals surface area contributed by atoms with Gasteiger partial charge in [-0.15, -0.1) is 0 Å². The quantitative estimate of drug-likeness (QED) is 0.500. The van der Waals surface area contributed by atoms with E-state index in [2.05, 4.69) is 4.90 Å². The molecule has 2 aromatic carbocycles. The number of carbonyl (C=O) groups is 2. The topological polar surface area (TPSA) is 77.5 Å². The number of hydrogen-bond acceptors (Lipinski definition) is 7. The van der Waals surface area contributed by atoms with E-state index in [0.717, 1.165) is 24.2 Å². The van der Waals surface area contributed by atoms with Gasteiger partial charge in [0.25, 0.3) is 5.91 Å².